The molecule has 310 valence electrons. The first-order valence-electron chi connectivity index (χ1n) is 21.3. The van der Waals surface area contributed by atoms with Crippen molar-refractivity contribution in [3.8, 4) is 0 Å². The Morgan fingerprint density at radius 2 is 1.05 bits per heavy atom. The van der Waals surface area contributed by atoms with E-state index < -0.39 is 0 Å². The minimum Gasteiger partial charge on any atom is -1.00 e. The van der Waals surface area contributed by atoms with Crippen LogP contribution in [-0.2, 0) is 33.3 Å². The Balaban J connectivity index is 0.000000252. The summed E-state index contributed by atoms with van der Waals surface area (Å²) in [6.45, 7) is 12.4. The van der Waals surface area contributed by atoms with Crippen molar-refractivity contribution < 1.29 is 26.6 Å². The molecule has 4 nitrogen and oxygen atoms in total. The largest absolute Gasteiger partial charge is 1.00 e. The van der Waals surface area contributed by atoms with E-state index in [1.807, 2.05) is 0 Å². The zero-order valence-corrected chi connectivity index (χ0v) is 38.3. The number of rotatable bonds is 16. The molecular weight excluding hydrogens is 772 g/mol. The molecule has 4 aromatic carbocycles. The fraction of sp³-hybridized carbons (Fsp3) is 0.451. The first-order valence-corrected chi connectivity index (χ1v) is 23.2. The highest BCUT2D eigenvalue weighted by Crippen LogP contribution is 2.45. The smallest absolute Gasteiger partial charge is 0.185 e. The first kappa shape index (κ1) is 47.2. The van der Waals surface area contributed by atoms with Crippen LogP contribution < -0.4 is 12.4 Å². The lowest BCUT2D eigenvalue weighted by Crippen LogP contribution is -3.00. The van der Waals surface area contributed by atoms with Crippen LogP contribution in [0.25, 0.3) is 0 Å². The summed E-state index contributed by atoms with van der Waals surface area (Å²) in [6.07, 6.45) is 10.8. The standard InChI is InChI=1S/C26H34NOS.C25H31NOS.ClH/c1-5-25-26(19-20(2)27(25)4,23-12-7-6-8-13-23)24-16-14-22(15-17-24)11-9-10-18-29-21(3)28;1-4-24-25(18-19(2)26-24,22-11-6-5-7-12-22)23-15-13-21(14-16-23)10-8-9-17-28-20(3)27;/h6-8,12-17,20H,5,9-11,18-19H2,1-4H3;5-7,11-16,19H,4,8-10,17-18H2,1-3H3;1H/q+1;;/p-1. The van der Waals surface area contributed by atoms with Gasteiger partial charge >= 0.3 is 0 Å². The van der Waals surface area contributed by atoms with Gasteiger partial charge in [-0.2, -0.15) is 0 Å². The lowest BCUT2D eigenvalue weighted by atomic mass is 9.68. The molecule has 0 fully saturated rings. The number of carbonyl (C=O) groups is 2. The van der Waals surface area contributed by atoms with Gasteiger partial charge in [-0.15, -0.1) is 0 Å². The van der Waals surface area contributed by atoms with Gasteiger partial charge in [-0.25, -0.2) is 4.58 Å². The predicted octanol–water partition coefficient (Wildman–Crippen LogP) is 9.08. The molecule has 2 aliphatic rings. The summed E-state index contributed by atoms with van der Waals surface area (Å²) >= 11 is 2.87. The number of halogens is 1. The molecule has 0 N–H and O–H groups in total. The molecule has 0 aromatic heterocycles. The molecular formula is C51H65ClN2O2S2. The fourth-order valence-electron chi connectivity index (χ4n) is 9.31. The molecule has 4 aromatic rings. The number of unbranched alkanes of at least 4 members (excludes halogenated alkanes) is 2. The van der Waals surface area contributed by atoms with Crippen molar-refractivity contribution >= 4 is 45.2 Å². The van der Waals surface area contributed by atoms with Crippen LogP contribution in [0.4, 0.5) is 0 Å². The summed E-state index contributed by atoms with van der Waals surface area (Å²) < 4.78 is 2.49. The van der Waals surface area contributed by atoms with Gasteiger partial charge in [0.1, 0.15) is 12.5 Å². The van der Waals surface area contributed by atoms with E-state index in [0.29, 0.717) is 12.1 Å². The topological polar surface area (TPSA) is 49.5 Å². The van der Waals surface area contributed by atoms with Crippen molar-refractivity contribution in [1.29, 1.82) is 0 Å². The highest BCUT2D eigenvalue weighted by molar-refractivity contribution is 8.13. The number of thioether (sulfide) groups is 2. The Bertz CT molecular complexity index is 1960. The van der Waals surface area contributed by atoms with E-state index in [4.69, 9.17) is 4.99 Å². The molecule has 6 rings (SSSR count). The Kier molecular flexibility index (Phi) is 18.6. The normalized spacial score (nSPS) is 21.2. The van der Waals surface area contributed by atoms with Gasteiger partial charge in [0.25, 0.3) is 0 Å². The number of benzene rings is 4. The van der Waals surface area contributed by atoms with Crippen LogP contribution in [-0.4, -0.2) is 56.9 Å². The molecule has 0 saturated heterocycles. The summed E-state index contributed by atoms with van der Waals surface area (Å²) in [4.78, 5) is 27.1. The van der Waals surface area contributed by atoms with E-state index in [9.17, 15) is 9.59 Å². The van der Waals surface area contributed by atoms with Crippen molar-refractivity contribution in [3.05, 3.63) is 143 Å². The van der Waals surface area contributed by atoms with Gasteiger partial charge in [0.15, 0.2) is 22.0 Å². The Morgan fingerprint density at radius 1 is 0.621 bits per heavy atom. The molecule has 0 bridgehead atoms. The monoisotopic (exact) mass is 836 g/mol. The van der Waals surface area contributed by atoms with Gasteiger partial charge in [0.2, 0.25) is 0 Å². The molecule has 58 heavy (non-hydrogen) atoms. The van der Waals surface area contributed by atoms with Crippen LogP contribution in [0.15, 0.2) is 114 Å². The molecule has 7 heteroatoms. The summed E-state index contributed by atoms with van der Waals surface area (Å²) in [7, 11) is 2.25. The van der Waals surface area contributed by atoms with Crippen LogP contribution >= 0.6 is 23.5 Å². The highest BCUT2D eigenvalue weighted by Gasteiger charge is 2.51. The molecule has 0 saturated carbocycles. The Hall–Kier alpha value is -3.45. The van der Waals surface area contributed by atoms with Gasteiger partial charge in [0, 0.05) is 49.9 Å². The Morgan fingerprint density at radius 3 is 1.48 bits per heavy atom. The van der Waals surface area contributed by atoms with E-state index in [-0.39, 0.29) is 33.5 Å². The van der Waals surface area contributed by atoms with Gasteiger partial charge in [-0.05, 0) is 98.6 Å². The third kappa shape index (κ3) is 11.4. The molecule has 0 radical (unpaired) electrons. The van der Waals surface area contributed by atoms with Gasteiger partial charge < -0.3 is 12.4 Å². The van der Waals surface area contributed by atoms with Crippen LogP contribution in [0.3, 0.4) is 0 Å². The lowest BCUT2D eigenvalue weighted by Gasteiger charge is -2.33. The highest BCUT2D eigenvalue weighted by atomic mass is 35.5. The van der Waals surface area contributed by atoms with E-state index in [1.165, 1.54) is 68.3 Å². The summed E-state index contributed by atoms with van der Waals surface area (Å²) in [5.74, 6) is 1.86. The quantitative estimate of drug-likeness (QED) is 0.0836. The van der Waals surface area contributed by atoms with E-state index in [2.05, 4.69) is 149 Å². The zero-order valence-electron chi connectivity index (χ0n) is 35.9. The van der Waals surface area contributed by atoms with Crippen LogP contribution in [0, 0.1) is 0 Å². The molecule has 0 amide bonds. The average molecular weight is 838 g/mol. The third-order valence-corrected chi connectivity index (χ3v) is 13.9. The lowest BCUT2D eigenvalue weighted by molar-refractivity contribution is -0.526. The number of hydrogen-bond donors (Lipinski definition) is 0. The summed E-state index contributed by atoms with van der Waals surface area (Å²) in [6, 6.07) is 41.3. The number of aliphatic imine (C=N–C) groups is 1. The summed E-state index contributed by atoms with van der Waals surface area (Å²) in [5, 5.41) is 0.439. The number of aryl methyl sites for hydroxylation is 2. The second kappa shape index (κ2) is 22.8. The Labute approximate surface area is 364 Å². The molecule has 4 atom stereocenters. The maximum Gasteiger partial charge on any atom is 0.185 e. The second-order valence-electron chi connectivity index (χ2n) is 16.0. The van der Waals surface area contributed by atoms with Gasteiger partial charge in [-0.3, -0.25) is 14.6 Å². The van der Waals surface area contributed by atoms with Crippen molar-refractivity contribution in [3.63, 3.8) is 0 Å². The number of hydrogen-bond acceptors (Lipinski definition) is 5. The summed E-state index contributed by atoms with van der Waals surface area (Å²) in [5.41, 5.74) is 11.0. The van der Waals surface area contributed by atoms with Crippen molar-refractivity contribution in [1.82, 2.24) is 0 Å². The molecule has 0 aliphatic carbocycles. The van der Waals surface area contributed by atoms with Crippen molar-refractivity contribution in [2.75, 3.05) is 18.6 Å². The maximum absolute atomic E-state index is 11.0. The van der Waals surface area contributed by atoms with Crippen molar-refractivity contribution in [2.24, 2.45) is 4.99 Å². The van der Waals surface area contributed by atoms with E-state index in [1.54, 1.807) is 13.8 Å². The maximum atomic E-state index is 11.0. The van der Waals surface area contributed by atoms with Crippen LogP contribution in [0.1, 0.15) is 126 Å². The third-order valence-electron chi connectivity index (χ3n) is 12.1. The molecule has 2 heterocycles. The minimum atomic E-state index is -0.0912. The van der Waals surface area contributed by atoms with Crippen LogP contribution in [0.2, 0.25) is 0 Å². The average Bonchev–Trinajstić information content (AvgIpc) is 3.71. The number of carbonyl (C=O) groups excluding carboxylic acids is 2. The SMILES string of the molecule is CCC1=NC(C)CC1(c1ccccc1)c1ccc(CCCCSC(C)=O)cc1.CCC1=[N+](C)C(C)CC1(c1ccccc1)c1ccc(CCCCSC(C)=O)cc1.[Cl-]. The fourth-order valence-corrected chi connectivity index (χ4v) is 10.6. The first-order chi connectivity index (χ1) is 27.5. The molecule has 0 spiro atoms. The predicted molar refractivity (Wildman–Crippen MR) is 247 cm³/mol. The van der Waals surface area contributed by atoms with Gasteiger partial charge in [-0.1, -0.05) is 147 Å². The van der Waals surface area contributed by atoms with Crippen LogP contribution in [0.5, 0.6) is 0 Å². The van der Waals surface area contributed by atoms with Crippen molar-refractivity contribution in [2.45, 2.75) is 129 Å². The second-order valence-corrected chi connectivity index (χ2v) is 18.5. The minimum absolute atomic E-state index is 0. The zero-order chi connectivity index (χ0) is 40.8. The molecule has 2 aliphatic heterocycles. The molecule has 4 unspecified atom stereocenters. The van der Waals surface area contributed by atoms with Gasteiger partial charge in [0.05, 0.1) is 5.41 Å². The van der Waals surface area contributed by atoms with E-state index >= 15 is 0 Å². The van der Waals surface area contributed by atoms with E-state index in [0.717, 1.165) is 75.7 Å². The number of nitrogens with zero attached hydrogens (tertiary/aromatic N) is 2.